The van der Waals surface area contributed by atoms with E-state index in [0.717, 1.165) is 11.3 Å². The number of amides is 2. The normalized spacial score (nSPS) is 18.1. The van der Waals surface area contributed by atoms with Crippen LogP contribution in [0.4, 0.5) is 4.79 Å². The van der Waals surface area contributed by atoms with Gasteiger partial charge in [0.25, 0.3) is 5.91 Å². The first-order chi connectivity index (χ1) is 14.0. The van der Waals surface area contributed by atoms with Crippen LogP contribution in [0, 0.1) is 0 Å². The number of hydrogen-bond donors (Lipinski definition) is 0. The molecule has 2 aromatic rings. The van der Waals surface area contributed by atoms with Gasteiger partial charge in [0.05, 0.1) is 13.7 Å². The highest BCUT2D eigenvalue weighted by molar-refractivity contribution is 6.29. The van der Waals surface area contributed by atoms with Crippen molar-refractivity contribution in [1.82, 2.24) is 14.8 Å². The summed E-state index contributed by atoms with van der Waals surface area (Å²) in [5.74, 6) is 0.675. The molecule has 0 unspecified atom stereocenters. The Morgan fingerprint density at radius 1 is 1.28 bits per heavy atom. The Balaban J connectivity index is 1.38. The highest BCUT2D eigenvalue weighted by atomic mass is 35.5. The van der Waals surface area contributed by atoms with Gasteiger partial charge < -0.3 is 14.4 Å². The number of rotatable bonds is 4. The lowest BCUT2D eigenvalue weighted by atomic mass is 9.91. The molecule has 2 aliphatic rings. The Morgan fingerprint density at radius 3 is 2.79 bits per heavy atom. The summed E-state index contributed by atoms with van der Waals surface area (Å²) in [4.78, 5) is 32.5. The Kier molecular flexibility index (Phi) is 5.32. The molecule has 2 aliphatic heterocycles. The summed E-state index contributed by atoms with van der Waals surface area (Å²) in [6.07, 6.45) is 2.43. The molecule has 4 rings (SSSR count). The standard InChI is InChI=1S/C21H22ClN3O4/c1-28-17-4-2-3-15(11-17)13-25-14-21(29-20(25)27)6-9-24(10-7-21)19(26)16-5-8-23-18(22)12-16/h2-5,8,11-12H,6-7,9-10,13-14H2,1H3. The Hall–Kier alpha value is -2.80. The van der Waals surface area contributed by atoms with Gasteiger partial charge in [0, 0.05) is 44.2 Å². The lowest BCUT2D eigenvalue weighted by Crippen LogP contribution is -2.48. The van der Waals surface area contributed by atoms with Crippen LogP contribution in [0.1, 0.15) is 28.8 Å². The highest BCUT2D eigenvalue weighted by Gasteiger charge is 2.47. The molecule has 1 spiro atoms. The van der Waals surface area contributed by atoms with Crippen LogP contribution in [0.5, 0.6) is 5.75 Å². The zero-order chi connectivity index (χ0) is 20.4. The van der Waals surface area contributed by atoms with Crippen LogP contribution >= 0.6 is 11.6 Å². The van der Waals surface area contributed by atoms with Crippen molar-refractivity contribution in [3.63, 3.8) is 0 Å². The van der Waals surface area contributed by atoms with Gasteiger partial charge in [-0.2, -0.15) is 0 Å². The molecule has 29 heavy (non-hydrogen) atoms. The van der Waals surface area contributed by atoms with E-state index in [0.29, 0.717) is 49.7 Å². The third-order valence-electron chi connectivity index (χ3n) is 5.48. The van der Waals surface area contributed by atoms with Crippen molar-refractivity contribution < 1.29 is 19.1 Å². The summed E-state index contributed by atoms with van der Waals surface area (Å²) >= 11 is 5.89. The summed E-state index contributed by atoms with van der Waals surface area (Å²) in [6.45, 7) is 2.04. The Morgan fingerprint density at radius 2 is 2.07 bits per heavy atom. The number of aromatic nitrogens is 1. The molecule has 1 aromatic heterocycles. The van der Waals surface area contributed by atoms with Crippen LogP contribution in [-0.2, 0) is 11.3 Å². The summed E-state index contributed by atoms with van der Waals surface area (Å²) in [7, 11) is 1.62. The summed E-state index contributed by atoms with van der Waals surface area (Å²) in [5.41, 5.74) is 0.965. The van der Waals surface area contributed by atoms with E-state index in [1.54, 1.807) is 29.0 Å². The number of ether oxygens (including phenoxy) is 2. The second kappa shape index (κ2) is 7.91. The average Bonchev–Trinajstić information content (AvgIpc) is 3.02. The number of pyridine rings is 1. The fourth-order valence-corrected chi connectivity index (χ4v) is 4.08. The van der Waals surface area contributed by atoms with E-state index in [1.807, 2.05) is 24.3 Å². The Labute approximate surface area is 174 Å². The lowest BCUT2D eigenvalue weighted by molar-refractivity contribution is 0.00312. The van der Waals surface area contributed by atoms with Crippen molar-refractivity contribution in [3.05, 3.63) is 58.9 Å². The number of piperidine rings is 1. The largest absolute Gasteiger partial charge is 0.497 e. The number of carbonyl (C=O) groups excluding carboxylic acids is 2. The number of carbonyl (C=O) groups is 2. The highest BCUT2D eigenvalue weighted by Crippen LogP contribution is 2.34. The number of methoxy groups -OCH3 is 1. The maximum absolute atomic E-state index is 12.7. The third-order valence-corrected chi connectivity index (χ3v) is 5.69. The molecular formula is C21H22ClN3O4. The summed E-state index contributed by atoms with van der Waals surface area (Å²) in [5, 5.41) is 0.294. The monoisotopic (exact) mass is 415 g/mol. The molecule has 2 amide bonds. The van der Waals surface area contributed by atoms with E-state index in [9.17, 15) is 9.59 Å². The zero-order valence-corrected chi connectivity index (χ0v) is 16.9. The summed E-state index contributed by atoms with van der Waals surface area (Å²) < 4.78 is 11.0. The van der Waals surface area contributed by atoms with Crippen molar-refractivity contribution in [3.8, 4) is 5.75 Å². The van der Waals surface area contributed by atoms with Crippen molar-refractivity contribution >= 4 is 23.6 Å². The first-order valence-corrected chi connectivity index (χ1v) is 9.87. The maximum Gasteiger partial charge on any atom is 0.410 e. The fraction of sp³-hybridized carbons (Fsp3) is 0.381. The number of likely N-dealkylation sites (tertiary alicyclic amines) is 1. The lowest BCUT2D eigenvalue weighted by Gasteiger charge is -2.37. The average molecular weight is 416 g/mol. The van der Waals surface area contributed by atoms with E-state index in [1.165, 1.54) is 6.20 Å². The first kappa shape index (κ1) is 19.5. The molecule has 0 radical (unpaired) electrons. The van der Waals surface area contributed by atoms with Gasteiger partial charge in [-0.05, 0) is 29.8 Å². The molecule has 0 bridgehead atoms. The second-order valence-electron chi connectivity index (χ2n) is 7.42. The third kappa shape index (κ3) is 4.15. The molecular weight excluding hydrogens is 394 g/mol. The molecule has 0 N–H and O–H groups in total. The zero-order valence-electron chi connectivity index (χ0n) is 16.1. The van der Waals surface area contributed by atoms with E-state index in [2.05, 4.69) is 4.98 Å². The minimum absolute atomic E-state index is 0.0817. The van der Waals surface area contributed by atoms with Gasteiger partial charge >= 0.3 is 6.09 Å². The minimum Gasteiger partial charge on any atom is -0.497 e. The van der Waals surface area contributed by atoms with E-state index in [4.69, 9.17) is 21.1 Å². The minimum atomic E-state index is -0.539. The second-order valence-corrected chi connectivity index (χ2v) is 7.81. The van der Waals surface area contributed by atoms with Gasteiger partial charge in [-0.25, -0.2) is 9.78 Å². The van der Waals surface area contributed by atoms with Gasteiger partial charge in [-0.1, -0.05) is 23.7 Å². The van der Waals surface area contributed by atoms with Crippen LogP contribution in [0.2, 0.25) is 5.15 Å². The van der Waals surface area contributed by atoms with Crippen LogP contribution in [-0.4, -0.2) is 59.1 Å². The van der Waals surface area contributed by atoms with Crippen molar-refractivity contribution in [2.24, 2.45) is 0 Å². The molecule has 2 fully saturated rings. The fourth-order valence-electron chi connectivity index (χ4n) is 3.90. The smallest absolute Gasteiger partial charge is 0.410 e. The molecule has 8 heteroatoms. The van der Waals surface area contributed by atoms with E-state index < -0.39 is 5.60 Å². The number of benzene rings is 1. The van der Waals surface area contributed by atoms with E-state index in [-0.39, 0.29) is 12.0 Å². The number of hydrogen-bond acceptors (Lipinski definition) is 5. The number of halogens is 1. The predicted molar refractivity (Wildman–Crippen MR) is 107 cm³/mol. The van der Waals surface area contributed by atoms with Crippen LogP contribution in [0.3, 0.4) is 0 Å². The van der Waals surface area contributed by atoms with Gasteiger partial charge in [-0.15, -0.1) is 0 Å². The van der Waals surface area contributed by atoms with Gasteiger partial charge in [0.1, 0.15) is 16.5 Å². The molecule has 2 saturated heterocycles. The molecule has 1 aromatic carbocycles. The van der Waals surface area contributed by atoms with Gasteiger partial charge in [0.15, 0.2) is 0 Å². The predicted octanol–water partition coefficient (Wildman–Crippen LogP) is 3.37. The van der Waals surface area contributed by atoms with Crippen molar-refractivity contribution in [2.75, 3.05) is 26.7 Å². The molecule has 0 atom stereocenters. The van der Waals surface area contributed by atoms with Crippen molar-refractivity contribution in [2.45, 2.75) is 25.0 Å². The number of nitrogens with zero attached hydrogens (tertiary/aromatic N) is 3. The van der Waals surface area contributed by atoms with Crippen molar-refractivity contribution in [1.29, 1.82) is 0 Å². The molecule has 152 valence electrons. The van der Waals surface area contributed by atoms with Crippen LogP contribution in [0.25, 0.3) is 0 Å². The molecule has 7 nitrogen and oxygen atoms in total. The SMILES string of the molecule is COc1cccc(CN2CC3(CCN(C(=O)c4ccnc(Cl)c4)CC3)OC2=O)c1. The summed E-state index contributed by atoms with van der Waals surface area (Å²) in [6, 6.07) is 10.9. The first-order valence-electron chi connectivity index (χ1n) is 9.50. The molecule has 0 saturated carbocycles. The maximum atomic E-state index is 12.7. The molecule has 0 aliphatic carbocycles. The van der Waals surface area contributed by atoms with Crippen LogP contribution in [0.15, 0.2) is 42.6 Å². The van der Waals surface area contributed by atoms with E-state index >= 15 is 0 Å². The van der Waals surface area contributed by atoms with Gasteiger partial charge in [0.2, 0.25) is 0 Å². The quantitative estimate of drug-likeness (QED) is 0.716. The topological polar surface area (TPSA) is 72.0 Å². The molecule has 3 heterocycles. The van der Waals surface area contributed by atoms with Crippen LogP contribution < -0.4 is 4.74 Å². The Bertz CT molecular complexity index is 928. The van der Waals surface area contributed by atoms with Gasteiger partial charge in [-0.3, -0.25) is 9.69 Å².